The smallest absolute Gasteiger partial charge is 0.248 e. The molecule has 0 radical (unpaired) electrons. The fourth-order valence-corrected chi connectivity index (χ4v) is 1.60. The second-order valence-corrected chi connectivity index (χ2v) is 3.36. The van der Waals surface area contributed by atoms with Crippen molar-refractivity contribution >= 4 is 5.91 Å². The van der Waals surface area contributed by atoms with Crippen molar-refractivity contribution in [3.8, 4) is 0 Å². The molecule has 1 heterocycles. The third kappa shape index (κ3) is 1.95. The first kappa shape index (κ1) is 9.48. The summed E-state index contributed by atoms with van der Waals surface area (Å²) in [7, 11) is 2.04. The number of likely N-dealkylation sites (N-methyl/N-ethyl adjacent to an activating group) is 1. The Hall–Kier alpha value is -0.610. The van der Waals surface area contributed by atoms with E-state index in [1.54, 1.807) is 4.90 Å². The van der Waals surface area contributed by atoms with Gasteiger partial charge in [0.1, 0.15) is 6.61 Å². The second-order valence-electron chi connectivity index (χ2n) is 3.36. The lowest BCUT2D eigenvalue weighted by atomic mass is 10.2. The lowest BCUT2D eigenvalue weighted by Crippen LogP contribution is -2.53. The van der Waals surface area contributed by atoms with Crippen molar-refractivity contribution in [2.75, 3.05) is 33.3 Å². The summed E-state index contributed by atoms with van der Waals surface area (Å²) in [4.78, 5) is 15.1. The number of rotatable bonds is 1. The fraction of sp³-hybridized carbons (Fsp3) is 0.875. The van der Waals surface area contributed by atoms with Crippen molar-refractivity contribution in [1.29, 1.82) is 0 Å². The molecule has 1 atom stereocenters. The molecule has 0 bridgehead atoms. The largest absolute Gasteiger partial charge is 0.387 e. The molecule has 1 amide bonds. The first-order valence-electron chi connectivity index (χ1n) is 4.24. The monoisotopic (exact) mass is 172 g/mol. The zero-order valence-corrected chi connectivity index (χ0v) is 7.66. The number of piperazine rings is 1. The van der Waals surface area contributed by atoms with E-state index >= 15 is 0 Å². The van der Waals surface area contributed by atoms with Crippen LogP contribution in [-0.4, -0.2) is 60.1 Å². The molecule has 0 spiro atoms. The van der Waals surface area contributed by atoms with Crippen LogP contribution in [0.15, 0.2) is 0 Å². The number of aliphatic hydroxyl groups is 1. The normalized spacial score (nSPS) is 25.9. The highest BCUT2D eigenvalue weighted by Gasteiger charge is 2.24. The van der Waals surface area contributed by atoms with Gasteiger partial charge in [0.25, 0.3) is 0 Å². The predicted octanol–water partition coefficient (Wildman–Crippen LogP) is -0.859. The van der Waals surface area contributed by atoms with Gasteiger partial charge in [-0.2, -0.15) is 0 Å². The summed E-state index contributed by atoms with van der Waals surface area (Å²) in [5.41, 5.74) is 0. The molecule has 1 fully saturated rings. The van der Waals surface area contributed by atoms with Gasteiger partial charge in [0.15, 0.2) is 0 Å². The van der Waals surface area contributed by atoms with Gasteiger partial charge in [-0.15, -0.1) is 0 Å². The predicted molar refractivity (Wildman–Crippen MR) is 45.8 cm³/mol. The van der Waals surface area contributed by atoms with Gasteiger partial charge in [-0.3, -0.25) is 4.79 Å². The quantitative estimate of drug-likeness (QED) is 0.560. The molecule has 0 aliphatic carbocycles. The van der Waals surface area contributed by atoms with Crippen molar-refractivity contribution < 1.29 is 9.90 Å². The molecule has 1 rings (SSSR count). The van der Waals surface area contributed by atoms with E-state index in [4.69, 9.17) is 5.11 Å². The van der Waals surface area contributed by atoms with Gasteiger partial charge >= 0.3 is 0 Å². The van der Waals surface area contributed by atoms with E-state index in [-0.39, 0.29) is 18.6 Å². The van der Waals surface area contributed by atoms with E-state index in [0.29, 0.717) is 0 Å². The Morgan fingerprint density at radius 2 is 2.25 bits per heavy atom. The van der Waals surface area contributed by atoms with Crippen molar-refractivity contribution in [2.45, 2.75) is 13.0 Å². The molecule has 4 heteroatoms. The molecular weight excluding hydrogens is 156 g/mol. The second kappa shape index (κ2) is 3.87. The molecule has 0 saturated carbocycles. The molecule has 0 aromatic rings. The van der Waals surface area contributed by atoms with Crippen LogP contribution in [0, 0.1) is 0 Å². The van der Waals surface area contributed by atoms with Crippen LogP contribution in [-0.2, 0) is 4.79 Å². The van der Waals surface area contributed by atoms with Gasteiger partial charge in [0, 0.05) is 25.7 Å². The maximum absolute atomic E-state index is 11.1. The van der Waals surface area contributed by atoms with Crippen LogP contribution in [0.3, 0.4) is 0 Å². The summed E-state index contributed by atoms with van der Waals surface area (Å²) in [6.45, 7) is 4.16. The van der Waals surface area contributed by atoms with Gasteiger partial charge in [-0.05, 0) is 14.0 Å². The lowest BCUT2D eigenvalue weighted by Gasteiger charge is -2.37. The fourth-order valence-electron chi connectivity index (χ4n) is 1.60. The van der Waals surface area contributed by atoms with E-state index in [1.165, 1.54) is 0 Å². The van der Waals surface area contributed by atoms with Crippen LogP contribution in [0.1, 0.15) is 6.92 Å². The first-order valence-corrected chi connectivity index (χ1v) is 4.24. The van der Waals surface area contributed by atoms with E-state index < -0.39 is 0 Å². The Bertz CT molecular complexity index is 172. The third-order valence-electron chi connectivity index (χ3n) is 2.29. The highest BCUT2D eigenvalue weighted by atomic mass is 16.3. The number of hydrogen-bond donors (Lipinski definition) is 1. The van der Waals surface area contributed by atoms with Crippen LogP contribution >= 0.6 is 0 Å². The van der Waals surface area contributed by atoms with E-state index in [0.717, 1.165) is 19.6 Å². The summed E-state index contributed by atoms with van der Waals surface area (Å²) in [5.74, 6) is -0.157. The molecule has 0 aromatic carbocycles. The average molecular weight is 172 g/mol. The summed E-state index contributed by atoms with van der Waals surface area (Å²) in [6, 6.07) is 0.225. The molecule has 1 N–H and O–H groups in total. The number of amides is 1. The SMILES string of the molecule is C[C@@H]1CN(C)CCN1C(=O)CO. The van der Waals surface area contributed by atoms with E-state index in [9.17, 15) is 4.79 Å². The van der Waals surface area contributed by atoms with Crippen molar-refractivity contribution in [3.05, 3.63) is 0 Å². The highest BCUT2D eigenvalue weighted by molar-refractivity contribution is 5.77. The van der Waals surface area contributed by atoms with E-state index in [2.05, 4.69) is 4.90 Å². The molecule has 1 aliphatic heterocycles. The zero-order valence-electron chi connectivity index (χ0n) is 7.66. The number of hydrogen-bond acceptors (Lipinski definition) is 3. The van der Waals surface area contributed by atoms with E-state index in [1.807, 2.05) is 14.0 Å². The summed E-state index contributed by atoms with van der Waals surface area (Å²) in [6.07, 6.45) is 0. The number of aliphatic hydroxyl groups excluding tert-OH is 1. The zero-order chi connectivity index (χ0) is 9.14. The molecule has 0 unspecified atom stereocenters. The van der Waals surface area contributed by atoms with Crippen LogP contribution in [0.25, 0.3) is 0 Å². The number of nitrogens with zero attached hydrogens (tertiary/aromatic N) is 2. The van der Waals surface area contributed by atoms with Gasteiger partial charge < -0.3 is 14.9 Å². The van der Waals surface area contributed by atoms with Crippen molar-refractivity contribution in [1.82, 2.24) is 9.80 Å². The van der Waals surface area contributed by atoms with Gasteiger partial charge in [-0.25, -0.2) is 0 Å². The van der Waals surface area contributed by atoms with Crippen LogP contribution in [0.5, 0.6) is 0 Å². The third-order valence-corrected chi connectivity index (χ3v) is 2.29. The molecule has 70 valence electrons. The highest BCUT2D eigenvalue weighted by Crippen LogP contribution is 2.07. The molecule has 1 aliphatic rings. The Balaban J connectivity index is 2.50. The van der Waals surface area contributed by atoms with Gasteiger partial charge in [0.2, 0.25) is 5.91 Å². The van der Waals surface area contributed by atoms with Crippen LogP contribution < -0.4 is 0 Å². The summed E-state index contributed by atoms with van der Waals surface area (Å²) in [5, 5.41) is 8.67. The molecule has 4 nitrogen and oxygen atoms in total. The number of carbonyl (C=O) groups is 1. The Kier molecular flexibility index (Phi) is 3.05. The topological polar surface area (TPSA) is 43.8 Å². The summed E-state index contributed by atoms with van der Waals surface area (Å²) >= 11 is 0. The van der Waals surface area contributed by atoms with Gasteiger partial charge in [-0.1, -0.05) is 0 Å². The average Bonchev–Trinajstić information content (AvgIpc) is 2.03. The minimum atomic E-state index is -0.367. The van der Waals surface area contributed by atoms with Crippen LogP contribution in [0.4, 0.5) is 0 Å². The minimum absolute atomic E-state index is 0.157. The molecular formula is C8H16N2O2. The Labute approximate surface area is 72.8 Å². The molecule has 12 heavy (non-hydrogen) atoms. The van der Waals surface area contributed by atoms with Gasteiger partial charge in [0.05, 0.1) is 0 Å². The maximum Gasteiger partial charge on any atom is 0.248 e. The minimum Gasteiger partial charge on any atom is -0.387 e. The Morgan fingerprint density at radius 3 is 2.75 bits per heavy atom. The summed E-state index contributed by atoms with van der Waals surface area (Å²) < 4.78 is 0. The standard InChI is InChI=1S/C8H16N2O2/c1-7-5-9(2)3-4-10(7)8(12)6-11/h7,11H,3-6H2,1-2H3/t7-/m1/s1. The lowest BCUT2D eigenvalue weighted by molar-refractivity contribution is -0.138. The first-order chi connectivity index (χ1) is 5.65. The molecule has 0 aromatic heterocycles. The Morgan fingerprint density at radius 1 is 1.58 bits per heavy atom. The number of carbonyl (C=O) groups excluding carboxylic acids is 1. The van der Waals surface area contributed by atoms with Crippen LogP contribution in [0.2, 0.25) is 0 Å². The van der Waals surface area contributed by atoms with Crippen molar-refractivity contribution in [2.24, 2.45) is 0 Å². The maximum atomic E-state index is 11.1. The van der Waals surface area contributed by atoms with Crippen molar-refractivity contribution in [3.63, 3.8) is 0 Å². The molecule has 1 saturated heterocycles.